The molecule has 0 fully saturated rings. The lowest BCUT2D eigenvalue weighted by Crippen LogP contribution is -2.16. The minimum Gasteiger partial charge on any atom is -0.504 e. The minimum absolute atomic E-state index is 0.338. The first-order valence-electron chi connectivity index (χ1n) is 4.13. The molecule has 0 unspecified atom stereocenters. The van der Waals surface area contributed by atoms with E-state index in [1.165, 1.54) is 0 Å². The summed E-state index contributed by atoms with van der Waals surface area (Å²) in [6, 6.07) is 0.732. The van der Waals surface area contributed by atoms with Crippen LogP contribution in [0.3, 0.4) is 0 Å². The number of primary amides is 1. The van der Waals surface area contributed by atoms with Crippen LogP contribution < -0.4 is 5.73 Å². The van der Waals surface area contributed by atoms with E-state index in [1.807, 2.05) is 0 Å². The van der Waals surface area contributed by atoms with Gasteiger partial charge in [0.1, 0.15) is 0 Å². The number of aromatic hydroxyl groups is 3. The number of benzene rings is 1. The lowest BCUT2D eigenvalue weighted by molar-refractivity contribution is -0.117. The van der Waals surface area contributed by atoms with Crippen LogP contribution in [-0.2, 0) is 11.2 Å². The first-order valence-corrected chi connectivity index (χ1v) is 4.13. The van der Waals surface area contributed by atoms with E-state index in [0.717, 1.165) is 6.07 Å². The number of nitrogens with two attached hydrogens (primary N) is 1. The molecule has 0 saturated heterocycles. The molecule has 0 bridgehead atoms. The van der Waals surface area contributed by atoms with Gasteiger partial charge in [-0.15, -0.1) is 0 Å². The molecule has 1 rings (SSSR count). The van der Waals surface area contributed by atoms with Gasteiger partial charge in [-0.05, 0) is 6.07 Å². The highest BCUT2D eigenvalue weighted by molar-refractivity contribution is 5.94. The molecule has 86 valence electrons. The third kappa shape index (κ3) is 1.97. The standard InChI is InChI=1S/C9H9NO6/c10-6(12)2-3-4(9(15)16)1-5(11)8(14)7(3)13/h1,11,13-14H,2H2,(H2,10,12)(H,15,16). The van der Waals surface area contributed by atoms with Crippen LogP contribution in [0.5, 0.6) is 17.2 Å². The molecule has 7 heteroatoms. The topological polar surface area (TPSA) is 141 Å². The maximum Gasteiger partial charge on any atom is 0.336 e. The largest absolute Gasteiger partial charge is 0.504 e. The van der Waals surface area contributed by atoms with Gasteiger partial charge in [0.2, 0.25) is 11.7 Å². The SMILES string of the molecule is NC(=O)Cc1c(C(=O)O)cc(O)c(O)c1O. The Bertz CT molecular complexity index is 468. The Kier molecular flexibility index (Phi) is 2.89. The van der Waals surface area contributed by atoms with Crippen molar-refractivity contribution >= 4 is 11.9 Å². The van der Waals surface area contributed by atoms with Gasteiger partial charge in [-0.3, -0.25) is 4.79 Å². The lowest BCUT2D eigenvalue weighted by atomic mass is 10.0. The molecule has 1 aromatic rings. The van der Waals surface area contributed by atoms with Gasteiger partial charge in [-0.2, -0.15) is 0 Å². The van der Waals surface area contributed by atoms with Crippen LogP contribution >= 0.6 is 0 Å². The highest BCUT2D eigenvalue weighted by Crippen LogP contribution is 2.39. The number of carboxylic acid groups (broad SMARTS) is 1. The fourth-order valence-corrected chi connectivity index (χ4v) is 1.23. The second-order valence-corrected chi connectivity index (χ2v) is 3.07. The van der Waals surface area contributed by atoms with Crippen LogP contribution in [0.1, 0.15) is 15.9 Å². The second-order valence-electron chi connectivity index (χ2n) is 3.07. The van der Waals surface area contributed by atoms with Crippen LogP contribution in [-0.4, -0.2) is 32.3 Å². The molecule has 0 radical (unpaired) electrons. The summed E-state index contributed by atoms with van der Waals surface area (Å²) in [5.41, 5.74) is 4.03. The Morgan fingerprint density at radius 1 is 1.19 bits per heavy atom. The second kappa shape index (κ2) is 3.97. The molecule has 0 saturated carbocycles. The molecule has 0 atom stereocenters. The Balaban J connectivity index is 3.47. The van der Waals surface area contributed by atoms with Crippen molar-refractivity contribution in [1.29, 1.82) is 0 Å². The number of phenolic OH excluding ortho intramolecular Hbond substituents is 3. The molecule has 6 N–H and O–H groups in total. The van der Waals surface area contributed by atoms with Crippen molar-refractivity contribution in [3.63, 3.8) is 0 Å². The number of hydrogen-bond acceptors (Lipinski definition) is 5. The van der Waals surface area contributed by atoms with E-state index in [4.69, 9.17) is 21.1 Å². The van der Waals surface area contributed by atoms with Crippen LogP contribution in [0.4, 0.5) is 0 Å². The van der Waals surface area contributed by atoms with Gasteiger partial charge < -0.3 is 26.2 Å². The average Bonchev–Trinajstić information content (AvgIpc) is 2.17. The molecule has 0 aromatic heterocycles. The van der Waals surface area contributed by atoms with Crippen LogP contribution in [0.2, 0.25) is 0 Å². The Morgan fingerprint density at radius 2 is 1.75 bits per heavy atom. The van der Waals surface area contributed by atoms with E-state index in [0.29, 0.717) is 0 Å². The lowest BCUT2D eigenvalue weighted by Gasteiger charge is -2.09. The number of aromatic carboxylic acids is 1. The van der Waals surface area contributed by atoms with Crippen LogP contribution in [0.15, 0.2) is 6.07 Å². The zero-order valence-electron chi connectivity index (χ0n) is 7.97. The van der Waals surface area contributed by atoms with E-state index in [1.54, 1.807) is 0 Å². The molecule has 16 heavy (non-hydrogen) atoms. The number of carbonyl (C=O) groups is 2. The fourth-order valence-electron chi connectivity index (χ4n) is 1.23. The van der Waals surface area contributed by atoms with E-state index in [-0.39, 0.29) is 5.56 Å². The molecule has 1 amide bonds. The summed E-state index contributed by atoms with van der Waals surface area (Å²) in [5.74, 6) is -4.87. The summed E-state index contributed by atoms with van der Waals surface area (Å²) in [4.78, 5) is 21.4. The van der Waals surface area contributed by atoms with Crippen molar-refractivity contribution in [3.05, 3.63) is 17.2 Å². The minimum atomic E-state index is -1.46. The number of hydrogen-bond donors (Lipinski definition) is 5. The van der Waals surface area contributed by atoms with Crippen LogP contribution in [0.25, 0.3) is 0 Å². The van der Waals surface area contributed by atoms with Gasteiger partial charge in [0.25, 0.3) is 0 Å². The summed E-state index contributed by atoms with van der Waals surface area (Å²) in [7, 11) is 0. The summed E-state index contributed by atoms with van der Waals surface area (Å²) in [6.45, 7) is 0. The maximum atomic E-state index is 10.8. The maximum absolute atomic E-state index is 10.8. The molecule has 0 aliphatic rings. The van der Waals surface area contributed by atoms with E-state index < -0.39 is 41.1 Å². The molecule has 0 spiro atoms. The average molecular weight is 227 g/mol. The zero-order valence-corrected chi connectivity index (χ0v) is 7.97. The number of amides is 1. The van der Waals surface area contributed by atoms with E-state index in [2.05, 4.69) is 0 Å². The van der Waals surface area contributed by atoms with Gasteiger partial charge >= 0.3 is 5.97 Å². The number of rotatable bonds is 3. The quantitative estimate of drug-likeness (QED) is 0.442. The predicted molar refractivity (Wildman–Crippen MR) is 51.3 cm³/mol. The molecular weight excluding hydrogens is 218 g/mol. The van der Waals surface area contributed by atoms with Crippen LogP contribution in [0, 0.1) is 0 Å². The van der Waals surface area contributed by atoms with Gasteiger partial charge in [0.15, 0.2) is 11.5 Å². The Labute approximate surface area is 89.4 Å². The molecule has 7 nitrogen and oxygen atoms in total. The van der Waals surface area contributed by atoms with E-state index in [9.17, 15) is 14.7 Å². The third-order valence-corrected chi connectivity index (χ3v) is 1.94. The highest BCUT2D eigenvalue weighted by Gasteiger charge is 2.21. The Hall–Kier alpha value is -2.44. The molecule has 1 aromatic carbocycles. The summed E-state index contributed by atoms with van der Waals surface area (Å²) < 4.78 is 0. The first-order chi connectivity index (χ1) is 7.34. The normalized spacial score (nSPS) is 10.0. The predicted octanol–water partition coefficient (Wildman–Crippen LogP) is -0.471. The van der Waals surface area contributed by atoms with Crippen molar-refractivity contribution in [2.24, 2.45) is 5.73 Å². The fraction of sp³-hybridized carbons (Fsp3) is 0.111. The van der Waals surface area contributed by atoms with Crippen molar-refractivity contribution in [2.45, 2.75) is 6.42 Å². The summed E-state index contributed by atoms with van der Waals surface area (Å²) in [5, 5.41) is 36.4. The zero-order chi connectivity index (χ0) is 12.5. The number of phenols is 3. The Morgan fingerprint density at radius 3 is 2.19 bits per heavy atom. The van der Waals surface area contributed by atoms with Gasteiger partial charge in [0, 0.05) is 5.56 Å². The van der Waals surface area contributed by atoms with Crippen molar-refractivity contribution in [1.82, 2.24) is 0 Å². The van der Waals surface area contributed by atoms with Gasteiger partial charge in [-0.1, -0.05) is 0 Å². The summed E-state index contributed by atoms with van der Waals surface area (Å²) >= 11 is 0. The van der Waals surface area contributed by atoms with E-state index >= 15 is 0 Å². The van der Waals surface area contributed by atoms with Crippen molar-refractivity contribution in [3.8, 4) is 17.2 Å². The number of carboxylic acids is 1. The van der Waals surface area contributed by atoms with Crippen molar-refractivity contribution < 1.29 is 30.0 Å². The molecule has 0 aliphatic carbocycles. The van der Waals surface area contributed by atoms with Gasteiger partial charge in [-0.25, -0.2) is 4.79 Å². The molecular formula is C9H9NO6. The van der Waals surface area contributed by atoms with Crippen molar-refractivity contribution in [2.75, 3.05) is 0 Å². The number of carbonyl (C=O) groups excluding carboxylic acids is 1. The highest BCUT2D eigenvalue weighted by atomic mass is 16.4. The third-order valence-electron chi connectivity index (χ3n) is 1.94. The van der Waals surface area contributed by atoms with Gasteiger partial charge in [0.05, 0.1) is 12.0 Å². The smallest absolute Gasteiger partial charge is 0.336 e. The molecule has 0 aliphatic heterocycles. The monoisotopic (exact) mass is 227 g/mol. The molecule has 0 heterocycles. The summed E-state index contributed by atoms with van der Waals surface area (Å²) in [6.07, 6.45) is -0.554. The first kappa shape index (κ1) is 11.6.